The maximum absolute atomic E-state index is 6.23. The van der Waals surface area contributed by atoms with Gasteiger partial charge in [-0.25, -0.2) is 0 Å². The lowest BCUT2D eigenvalue weighted by molar-refractivity contribution is 0.278. The quantitative estimate of drug-likeness (QED) is 0.736. The molecule has 0 fully saturated rings. The first-order chi connectivity index (χ1) is 7.56. The van der Waals surface area contributed by atoms with Gasteiger partial charge < -0.3 is 4.90 Å². The van der Waals surface area contributed by atoms with Crippen LogP contribution in [-0.4, -0.2) is 19.0 Å². The molecule has 0 amide bonds. The Kier molecular flexibility index (Phi) is 5.60. The van der Waals surface area contributed by atoms with Crippen LogP contribution in [-0.2, 0) is 0 Å². The van der Waals surface area contributed by atoms with E-state index in [1.807, 2.05) is 18.2 Å². The highest BCUT2D eigenvalue weighted by molar-refractivity contribution is 6.33. The van der Waals surface area contributed by atoms with Gasteiger partial charge in [-0.1, -0.05) is 43.0 Å². The fourth-order valence-electron chi connectivity index (χ4n) is 1.86. The Morgan fingerprint density at radius 2 is 1.94 bits per heavy atom. The van der Waals surface area contributed by atoms with Crippen LogP contribution in [0.15, 0.2) is 18.2 Å². The number of unbranched alkanes of at least 4 members (excludes halogenated alkanes) is 1. The van der Waals surface area contributed by atoms with Crippen molar-refractivity contribution in [2.45, 2.75) is 32.2 Å². The van der Waals surface area contributed by atoms with Crippen LogP contribution < -0.4 is 0 Å². The average molecular weight is 260 g/mol. The summed E-state index contributed by atoms with van der Waals surface area (Å²) in [6, 6.07) is 6.04. The van der Waals surface area contributed by atoms with Crippen LogP contribution in [0.1, 0.15) is 37.8 Å². The summed E-state index contributed by atoms with van der Waals surface area (Å²) in [4.78, 5) is 2.20. The van der Waals surface area contributed by atoms with Crippen LogP contribution in [0.3, 0.4) is 0 Å². The van der Waals surface area contributed by atoms with Crippen molar-refractivity contribution in [3.8, 4) is 0 Å². The summed E-state index contributed by atoms with van der Waals surface area (Å²) in [6.07, 6.45) is 3.51. The van der Waals surface area contributed by atoms with Gasteiger partial charge in [-0.2, -0.15) is 0 Å². The summed E-state index contributed by atoms with van der Waals surface area (Å²) in [5.74, 6) is 0. The Morgan fingerprint density at radius 3 is 2.50 bits per heavy atom. The van der Waals surface area contributed by atoms with Crippen LogP contribution in [0, 0.1) is 0 Å². The Balaban J connectivity index is 2.95. The van der Waals surface area contributed by atoms with E-state index in [2.05, 4.69) is 25.9 Å². The lowest BCUT2D eigenvalue weighted by Crippen LogP contribution is -2.20. The molecule has 0 N–H and O–H groups in total. The molecule has 90 valence electrons. The van der Waals surface area contributed by atoms with Crippen molar-refractivity contribution in [1.29, 1.82) is 0 Å². The van der Waals surface area contributed by atoms with Crippen molar-refractivity contribution in [2.75, 3.05) is 14.1 Å². The number of hydrogen-bond donors (Lipinski definition) is 0. The Bertz CT molecular complexity index is 337. The first-order valence-corrected chi connectivity index (χ1v) is 6.43. The van der Waals surface area contributed by atoms with Gasteiger partial charge in [0.15, 0.2) is 0 Å². The zero-order chi connectivity index (χ0) is 12.1. The molecule has 0 aromatic heterocycles. The molecule has 0 saturated heterocycles. The fourth-order valence-corrected chi connectivity index (χ4v) is 2.28. The molecule has 3 heteroatoms. The van der Waals surface area contributed by atoms with E-state index in [-0.39, 0.29) is 0 Å². The third kappa shape index (κ3) is 3.65. The average Bonchev–Trinajstić information content (AvgIpc) is 2.23. The van der Waals surface area contributed by atoms with Crippen molar-refractivity contribution in [3.63, 3.8) is 0 Å². The van der Waals surface area contributed by atoms with E-state index in [0.717, 1.165) is 22.0 Å². The molecule has 1 aromatic carbocycles. The largest absolute Gasteiger partial charge is 0.302 e. The lowest BCUT2D eigenvalue weighted by atomic mass is 10.0. The fraction of sp³-hybridized carbons (Fsp3) is 0.538. The molecular formula is C13H19Cl2N. The molecule has 16 heavy (non-hydrogen) atoms. The van der Waals surface area contributed by atoms with E-state index < -0.39 is 0 Å². The first kappa shape index (κ1) is 13.8. The summed E-state index contributed by atoms with van der Waals surface area (Å²) in [5, 5.41) is 1.56. The SMILES string of the molecule is CCCCC(c1cc(Cl)ccc1Cl)N(C)C. The molecule has 1 nitrogen and oxygen atoms in total. The Hall–Kier alpha value is -0.240. The summed E-state index contributed by atoms with van der Waals surface area (Å²) >= 11 is 12.3. The topological polar surface area (TPSA) is 3.24 Å². The predicted octanol–water partition coefficient (Wildman–Crippen LogP) is 4.79. The maximum atomic E-state index is 6.23. The number of benzene rings is 1. The molecule has 0 spiro atoms. The van der Waals surface area contributed by atoms with E-state index in [0.29, 0.717) is 6.04 Å². The second-order valence-corrected chi connectivity index (χ2v) is 5.13. The van der Waals surface area contributed by atoms with Gasteiger partial charge in [0.05, 0.1) is 0 Å². The lowest BCUT2D eigenvalue weighted by Gasteiger charge is -2.25. The molecule has 0 saturated carbocycles. The molecule has 1 atom stereocenters. The number of nitrogens with zero attached hydrogens (tertiary/aromatic N) is 1. The monoisotopic (exact) mass is 259 g/mol. The normalized spacial score (nSPS) is 13.1. The zero-order valence-electron chi connectivity index (χ0n) is 10.1. The van der Waals surface area contributed by atoms with Gasteiger partial charge in [0.1, 0.15) is 0 Å². The number of halogens is 2. The van der Waals surface area contributed by atoms with Crippen molar-refractivity contribution >= 4 is 23.2 Å². The summed E-state index contributed by atoms with van der Waals surface area (Å²) in [7, 11) is 4.16. The van der Waals surface area contributed by atoms with Crippen molar-refractivity contribution in [1.82, 2.24) is 4.90 Å². The summed E-state index contributed by atoms with van der Waals surface area (Å²) < 4.78 is 0. The molecule has 0 bridgehead atoms. The van der Waals surface area contributed by atoms with Gasteiger partial charge in [-0.05, 0) is 44.3 Å². The second kappa shape index (κ2) is 6.48. The molecule has 0 radical (unpaired) electrons. The van der Waals surface area contributed by atoms with E-state index in [1.165, 1.54) is 12.8 Å². The van der Waals surface area contributed by atoms with Crippen LogP contribution in [0.2, 0.25) is 10.0 Å². The van der Waals surface area contributed by atoms with Gasteiger partial charge in [0.2, 0.25) is 0 Å². The molecular weight excluding hydrogens is 241 g/mol. The van der Waals surface area contributed by atoms with E-state index >= 15 is 0 Å². The molecule has 0 heterocycles. The molecule has 0 aliphatic carbocycles. The molecule has 1 unspecified atom stereocenters. The van der Waals surface area contributed by atoms with Crippen LogP contribution >= 0.6 is 23.2 Å². The van der Waals surface area contributed by atoms with E-state index in [1.54, 1.807) is 0 Å². The highest BCUT2D eigenvalue weighted by atomic mass is 35.5. The van der Waals surface area contributed by atoms with E-state index in [9.17, 15) is 0 Å². The van der Waals surface area contributed by atoms with Crippen molar-refractivity contribution in [2.24, 2.45) is 0 Å². The first-order valence-electron chi connectivity index (χ1n) is 5.67. The van der Waals surface area contributed by atoms with Gasteiger partial charge in [0, 0.05) is 16.1 Å². The maximum Gasteiger partial charge on any atom is 0.0454 e. The van der Waals surface area contributed by atoms with Crippen molar-refractivity contribution in [3.05, 3.63) is 33.8 Å². The highest BCUT2D eigenvalue weighted by Crippen LogP contribution is 2.32. The van der Waals surface area contributed by atoms with Gasteiger partial charge in [-0.3, -0.25) is 0 Å². The molecule has 0 aliphatic heterocycles. The Labute approximate surface area is 108 Å². The minimum absolute atomic E-state index is 0.353. The molecule has 1 rings (SSSR count). The minimum atomic E-state index is 0.353. The van der Waals surface area contributed by atoms with Crippen LogP contribution in [0.5, 0.6) is 0 Å². The third-order valence-corrected chi connectivity index (χ3v) is 3.35. The highest BCUT2D eigenvalue weighted by Gasteiger charge is 2.16. The number of rotatable bonds is 5. The molecule has 1 aromatic rings. The summed E-state index contributed by atoms with van der Waals surface area (Å²) in [6.45, 7) is 2.20. The minimum Gasteiger partial charge on any atom is -0.302 e. The standard InChI is InChI=1S/C13H19Cl2N/c1-4-5-6-13(16(2)3)11-9-10(14)7-8-12(11)15/h7-9,13H,4-6H2,1-3H3. The smallest absolute Gasteiger partial charge is 0.0454 e. The van der Waals surface area contributed by atoms with Gasteiger partial charge in [-0.15, -0.1) is 0 Å². The van der Waals surface area contributed by atoms with Crippen molar-refractivity contribution < 1.29 is 0 Å². The number of hydrogen-bond acceptors (Lipinski definition) is 1. The van der Waals surface area contributed by atoms with Crippen LogP contribution in [0.25, 0.3) is 0 Å². The summed E-state index contributed by atoms with van der Waals surface area (Å²) in [5.41, 5.74) is 1.13. The predicted molar refractivity (Wildman–Crippen MR) is 72.4 cm³/mol. The molecule has 0 aliphatic rings. The van der Waals surface area contributed by atoms with E-state index in [4.69, 9.17) is 23.2 Å². The Morgan fingerprint density at radius 1 is 1.25 bits per heavy atom. The zero-order valence-corrected chi connectivity index (χ0v) is 11.6. The van der Waals surface area contributed by atoms with Gasteiger partial charge >= 0.3 is 0 Å². The van der Waals surface area contributed by atoms with Gasteiger partial charge in [0.25, 0.3) is 0 Å². The second-order valence-electron chi connectivity index (χ2n) is 4.29. The third-order valence-electron chi connectivity index (χ3n) is 2.77. The van der Waals surface area contributed by atoms with Crippen LogP contribution in [0.4, 0.5) is 0 Å².